The number of halogens is 1. The average Bonchev–Trinajstić information content (AvgIpc) is 3.13. The van der Waals surface area contributed by atoms with E-state index in [1.165, 1.54) is 0 Å². The van der Waals surface area contributed by atoms with Crippen LogP contribution in [0.4, 0.5) is 5.69 Å². The number of ether oxygens (including phenoxy) is 1. The first kappa shape index (κ1) is 19.0. The molecule has 0 saturated carbocycles. The molecule has 6 heteroatoms. The minimum Gasteiger partial charge on any atom is -0.508 e. The molecule has 1 saturated heterocycles. The Morgan fingerprint density at radius 1 is 1.31 bits per heavy atom. The van der Waals surface area contributed by atoms with E-state index in [9.17, 15) is 5.11 Å². The Hall–Kier alpha value is -1.82. The maximum Gasteiger partial charge on any atom is 0.173 e. The Morgan fingerprint density at radius 2 is 2.12 bits per heavy atom. The normalized spacial score (nSPS) is 16.5. The number of phenolic OH excluding ortho intramolecular Hbond substituents is 1. The van der Waals surface area contributed by atoms with Gasteiger partial charge in [0.2, 0.25) is 0 Å². The van der Waals surface area contributed by atoms with Gasteiger partial charge in [0.25, 0.3) is 0 Å². The number of hydrogen-bond donors (Lipinski definition) is 2. The number of phenols is 1. The molecule has 0 bridgehead atoms. The fourth-order valence-electron chi connectivity index (χ4n) is 3.04. The van der Waals surface area contributed by atoms with E-state index in [-0.39, 0.29) is 11.9 Å². The Kier molecular flexibility index (Phi) is 6.35. The zero-order chi connectivity index (χ0) is 18.5. The van der Waals surface area contributed by atoms with Crippen LogP contribution in [0.5, 0.6) is 5.75 Å². The third-order valence-corrected chi connectivity index (χ3v) is 5.37. The number of thiocarbonyl (C=S) groups is 1. The molecule has 1 heterocycles. The van der Waals surface area contributed by atoms with E-state index in [0.29, 0.717) is 23.2 Å². The van der Waals surface area contributed by atoms with Crippen LogP contribution < -0.4 is 5.32 Å². The van der Waals surface area contributed by atoms with Crippen LogP contribution in [0.2, 0.25) is 5.02 Å². The van der Waals surface area contributed by atoms with Crippen molar-refractivity contribution in [3.05, 3.63) is 58.6 Å². The fraction of sp³-hybridized carbons (Fsp3) is 0.350. The summed E-state index contributed by atoms with van der Waals surface area (Å²) in [5.74, 6) is 0.270. The molecule has 2 aromatic carbocycles. The minimum absolute atomic E-state index is 0.154. The van der Waals surface area contributed by atoms with Crippen molar-refractivity contribution in [2.24, 2.45) is 0 Å². The molecule has 1 atom stereocenters. The molecule has 0 aliphatic carbocycles. The van der Waals surface area contributed by atoms with Gasteiger partial charge in [0, 0.05) is 36.0 Å². The van der Waals surface area contributed by atoms with Crippen LogP contribution in [0.25, 0.3) is 0 Å². The predicted molar refractivity (Wildman–Crippen MR) is 110 cm³/mol. The third-order valence-electron chi connectivity index (χ3n) is 4.60. The summed E-state index contributed by atoms with van der Waals surface area (Å²) in [6.45, 7) is 3.95. The number of hydrogen-bond acceptors (Lipinski definition) is 3. The van der Waals surface area contributed by atoms with Crippen LogP contribution in [0.15, 0.2) is 42.5 Å². The van der Waals surface area contributed by atoms with E-state index in [1.54, 1.807) is 6.07 Å². The lowest BCUT2D eigenvalue weighted by molar-refractivity contribution is 0.0904. The second kappa shape index (κ2) is 8.71. The quantitative estimate of drug-likeness (QED) is 0.722. The predicted octanol–water partition coefficient (Wildman–Crippen LogP) is 4.73. The Morgan fingerprint density at radius 3 is 2.85 bits per heavy atom. The van der Waals surface area contributed by atoms with Gasteiger partial charge in [-0.05, 0) is 55.7 Å². The highest BCUT2D eigenvalue weighted by Gasteiger charge is 2.22. The number of aromatic hydroxyl groups is 1. The lowest BCUT2D eigenvalue weighted by Gasteiger charge is -2.29. The zero-order valence-corrected chi connectivity index (χ0v) is 16.3. The number of nitrogens with one attached hydrogen (secondary N) is 1. The summed E-state index contributed by atoms with van der Waals surface area (Å²) >= 11 is 11.9. The van der Waals surface area contributed by atoms with Gasteiger partial charge in [-0.1, -0.05) is 35.9 Å². The molecule has 1 aliphatic rings. The molecule has 0 amide bonds. The van der Waals surface area contributed by atoms with Crippen LogP contribution >= 0.6 is 23.8 Å². The van der Waals surface area contributed by atoms with Crippen molar-refractivity contribution in [1.82, 2.24) is 4.90 Å². The molecular formula is C20H23ClN2O2S. The number of rotatable bonds is 5. The smallest absolute Gasteiger partial charge is 0.173 e. The lowest BCUT2D eigenvalue weighted by Crippen LogP contribution is -2.39. The molecule has 0 aromatic heterocycles. The summed E-state index contributed by atoms with van der Waals surface area (Å²) in [4.78, 5) is 2.04. The summed E-state index contributed by atoms with van der Waals surface area (Å²) in [5.41, 5.74) is 2.67. The SMILES string of the molecule is Cc1c(Cl)cccc1NC(=S)N(Cc1ccccc1O)C[C@@H]1CCCO1. The van der Waals surface area contributed by atoms with E-state index in [1.807, 2.05) is 48.2 Å². The van der Waals surface area contributed by atoms with Crippen LogP contribution in [0.1, 0.15) is 24.0 Å². The largest absolute Gasteiger partial charge is 0.508 e. The number of nitrogens with zero attached hydrogens (tertiary/aromatic N) is 1. The van der Waals surface area contributed by atoms with E-state index in [0.717, 1.165) is 36.3 Å². The Bertz CT molecular complexity index is 778. The summed E-state index contributed by atoms with van der Waals surface area (Å²) < 4.78 is 5.78. The van der Waals surface area contributed by atoms with Crippen molar-refractivity contribution in [1.29, 1.82) is 0 Å². The first-order chi connectivity index (χ1) is 12.5. The van der Waals surface area contributed by atoms with Gasteiger partial charge < -0.3 is 20.1 Å². The summed E-state index contributed by atoms with van der Waals surface area (Å²) in [6, 6.07) is 13.0. The highest BCUT2D eigenvalue weighted by molar-refractivity contribution is 7.80. The molecular weight excluding hydrogens is 368 g/mol. The molecule has 138 valence electrons. The minimum atomic E-state index is 0.154. The van der Waals surface area contributed by atoms with Crippen molar-refractivity contribution in [3.63, 3.8) is 0 Å². The van der Waals surface area contributed by atoms with Crippen molar-refractivity contribution < 1.29 is 9.84 Å². The lowest BCUT2D eigenvalue weighted by atomic mass is 10.1. The first-order valence-electron chi connectivity index (χ1n) is 8.74. The van der Waals surface area contributed by atoms with Crippen molar-refractivity contribution in [2.75, 3.05) is 18.5 Å². The monoisotopic (exact) mass is 390 g/mol. The van der Waals surface area contributed by atoms with Crippen LogP contribution in [0, 0.1) is 6.92 Å². The molecule has 2 N–H and O–H groups in total. The second-order valence-corrected chi connectivity index (χ2v) is 7.28. The van der Waals surface area contributed by atoms with Gasteiger partial charge in [0.05, 0.1) is 6.10 Å². The summed E-state index contributed by atoms with van der Waals surface area (Å²) in [6.07, 6.45) is 2.25. The highest BCUT2D eigenvalue weighted by atomic mass is 35.5. The standard InChI is InChI=1S/C20H23ClN2O2S/c1-14-17(21)8-4-9-18(14)22-20(26)23(13-16-7-5-11-25-16)12-15-6-2-3-10-19(15)24/h2-4,6,8-10,16,24H,5,7,11-13H2,1H3,(H,22,26)/t16-/m0/s1. The number of anilines is 1. The molecule has 4 nitrogen and oxygen atoms in total. The molecule has 1 fully saturated rings. The van der Waals surface area contributed by atoms with Gasteiger partial charge in [-0.25, -0.2) is 0 Å². The first-order valence-corrected chi connectivity index (χ1v) is 9.52. The topological polar surface area (TPSA) is 44.7 Å². The van der Waals surface area contributed by atoms with E-state index in [4.69, 9.17) is 28.6 Å². The Labute approximate surface area is 164 Å². The molecule has 0 unspecified atom stereocenters. The maximum absolute atomic E-state index is 10.1. The molecule has 0 radical (unpaired) electrons. The van der Waals surface area contributed by atoms with Gasteiger partial charge in [-0.2, -0.15) is 0 Å². The van der Waals surface area contributed by atoms with Gasteiger partial charge >= 0.3 is 0 Å². The second-order valence-electron chi connectivity index (χ2n) is 6.49. The number of benzene rings is 2. The molecule has 1 aliphatic heterocycles. The maximum atomic E-state index is 10.1. The van der Waals surface area contributed by atoms with Crippen molar-refractivity contribution in [2.45, 2.75) is 32.4 Å². The summed E-state index contributed by atoms with van der Waals surface area (Å²) in [7, 11) is 0. The van der Waals surface area contributed by atoms with Crippen LogP contribution in [0.3, 0.4) is 0 Å². The van der Waals surface area contributed by atoms with Crippen LogP contribution in [-0.4, -0.2) is 34.4 Å². The summed E-state index contributed by atoms with van der Waals surface area (Å²) in [5, 5.41) is 14.7. The molecule has 0 spiro atoms. The van der Waals surface area contributed by atoms with E-state index < -0.39 is 0 Å². The van der Waals surface area contributed by atoms with Crippen molar-refractivity contribution in [3.8, 4) is 5.75 Å². The van der Waals surface area contributed by atoms with Crippen molar-refractivity contribution >= 4 is 34.6 Å². The van der Waals surface area contributed by atoms with Gasteiger partial charge in [0.1, 0.15) is 5.75 Å². The highest BCUT2D eigenvalue weighted by Crippen LogP contribution is 2.25. The zero-order valence-electron chi connectivity index (χ0n) is 14.7. The Balaban J connectivity index is 1.78. The average molecular weight is 391 g/mol. The fourth-order valence-corrected chi connectivity index (χ4v) is 3.46. The molecule has 3 rings (SSSR count). The van der Waals surface area contributed by atoms with E-state index >= 15 is 0 Å². The van der Waals surface area contributed by atoms with Gasteiger partial charge in [-0.15, -0.1) is 0 Å². The van der Waals surface area contributed by atoms with E-state index in [2.05, 4.69) is 5.32 Å². The van der Waals surface area contributed by atoms with Gasteiger partial charge in [0.15, 0.2) is 5.11 Å². The third kappa shape index (κ3) is 4.67. The van der Waals surface area contributed by atoms with Crippen LogP contribution in [-0.2, 0) is 11.3 Å². The van der Waals surface area contributed by atoms with Gasteiger partial charge in [-0.3, -0.25) is 0 Å². The number of para-hydroxylation sites is 1. The molecule has 2 aromatic rings. The molecule has 26 heavy (non-hydrogen) atoms.